The normalized spacial score (nSPS) is 23.2. The third-order valence-corrected chi connectivity index (χ3v) is 10.5. The van der Waals surface area contributed by atoms with Crippen LogP contribution in [0, 0.1) is 0 Å². The first-order valence-electron chi connectivity index (χ1n) is 17.1. The number of benzene rings is 2. The Kier molecular flexibility index (Phi) is 12.8. The predicted octanol–water partition coefficient (Wildman–Crippen LogP) is 2.11. The molecule has 0 radical (unpaired) electrons. The van der Waals surface area contributed by atoms with Crippen LogP contribution in [0.2, 0.25) is 0 Å². The Morgan fingerprint density at radius 1 is 0.939 bits per heavy atom. The van der Waals surface area contributed by atoms with E-state index < -0.39 is 30.0 Å². The number of ether oxygens (including phenoxy) is 1. The number of hydrogen-bond donors (Lipinski definition) is 6. The number of fused-ring (bicyclic) bond motifs is 2. The highest BCUT2D eigenvalue weighted by Crippen LogP contribution is 2.38. The number of nitrogens with one attached hydrogen (secondary N) is 5. The van der Waals surface area contributed by atoms with Crippen molar-refractivity contribution in [1.82, 2.24) is 26.6 Å². The van der Waals surface area contributed by atoms with Gasteiger partial charge in [-0.3, -0.25) is 24.1 Å². The lowest BCUT2D eigenvalue weighted by atomic mass is 10.0. The first kappa shape index (κ1) is 36.0. The predicted molar refractivity (Wildman–Crippen MR) is 188 cm³/mol. The third-order valence-electron chi connectivity index (χ3n) is 8.96. The molecule has 2 aromatic carbocycles. The Hall–Kier alpha value is -4.30. The van der Waals surface area contributed by atoms with E-state index in [2.05, 4.69) is 26.6 Å². The smallest absolute Gasteiger partial charge is 0.315 e. The summed E-state index contributed by atoms with van der Waals surface area (Å²) in [5.74, 6) is 0.0586. The van der Waals surface area contributed by atoms with Crippen LogP contribution >= 0.6 is 11.8 Å². The van der Waals surface area contributed by atoms with E-state index in [1.54, 1.807) is 24.3 Å². The van der Waals surface area contributed by atoms with Gasteiger partial charge in [-0.1, -0.05) is 48.9 Å². The molecular weight excluding hydrogens is 646 g/mol. The fraction of sp³-hybridized carbons (Fsp3) is 0.514. The van der Waals surface area contributed by atoms with Gasteiger partial charge in [0, 0.05) is 30.5 Å². The van der Waals surface area contributed by atoms with E-state index >= 15 is 0 Å². The van der Waals surface area contributed by atoms with Crippen LogP contribution in [0.15, 0.2) is 54.6 Å². The third kappa shape index (κ3) is 9.66. The Labute approximate surface area is 291 Å². The van der Waals surface area contributed by atoms with Crippen molar-refractivity contribution in [2.24, 2.45) is 5.73 Å². The van der Waals surface area contributed by atoms with E-state index in [1.165, 1.54) is 11.8 Å². The minimum atomic E-state index is -1.12. The minimum Gasteiger partial charge on any atom is -0.481 e. The van der Waals surface area contributed by atoms with E-state index in [0.717, 1.165) is 37.9 Å². The zero-order chi connectivity index (χ0) is 34.8. The van der Waals surface area contributed by atoms with Crippen LogP contribution < -0.4 is 42.0 Å². The second kappa shape index (κ2) is 17.4. The number of hydrogen-bond acceptors (Lipinski definition) is 8. The van der Waals surface area contributed by atoms with Crippen LogP contribution in [0.4, 0.5) is 10.5 Å². The van der Waals surface area contributed by atoms with E-state index in [9.17, 15) is 24.0 Å². The number of para-hydroxylation sites is 2. The highest BCUT2D eigenvalue weighted by atomic mass is 32.2. The Morgan fingerprint density at radius 2 is 1.65 bits per heavy atom. The van der Waals surface area contributed by atoms with Crippen molar-refractivity contribution in [1.29, 1.82) is 0 Å². The van der Waals surface area contributed by atoms with Crippen LogP contribution in [-0.4, -0.2) is 84.5 Å². The SMILES string of the molecule is C[C@H](N)C(=O)N[C@@H]1C(=O)N(CC(=O)NCCCCCNC(=O)CCCC[C@@H]2SC[C@@H]3NC(=O)N[C@@H]32)c2ccccc2O[C@@H]1c1ccccc1. The van der Waals surface area contributed by atoms with Gasteiger partial charge in [0.15, 0.2) is 6.10 Å². The molecule has 2 aromatic rings. The molecule has 0 unspecified atom stereocenters. The molecule has 6 atom stereocenters. The summed E-state index contributed by atoms with van der Waals surface area (Å²) in [5.41, 5.74) is 6.95. The summed E-state index contributed by atoms with van der Waals surface area (Å²) in [7, 11) is 0. The molecule has 3 heterocycles. The first-order chi connectivity index (χ1) is 23.7. The molecule has 3 aliphatic rings. The molecule has 6 amide bonds. The van der Waals surface area contributed by atoms with Crippen LogP contribution in [0.1, 0.15) is 63.5 Å². The largest absolute Gasteiger partial charge is 0.481 e. The van der Waals surface area contributed by atoms with Crippen molar-refractivity contribution in [2.75, 3.05) is 30.3 Å². The number of thioether (sulfide) groups is 1. The molecule has 49 heavy (non-hydrogen) atoms. The van der Waals surface area contributed by atoms with E-state index in [-0.39, 0.29) is 36.5 Å². The molecule has 14 heteroatoms. The second-order valence-electron chi connectivity index (χ2n) is 12.7. The molecule has 5 rings (SSSR count). The standard InChI is InChI=1S/C35H47N7O6S/c1-22(36)33(45)40-31-32(23-12-4-2-5-13-23)48-26-15-7-6-14-25(26)42(34(31)46)20-29(44)38-19-11-3-10-18-37-28(43)17-9-8-16-27-30-24(21-49-27)39-35(47)41-30/h2,4-7,12-15,22,24,27,30-32H,3,8-11,16-21,36H2,1H3,(H,37,43)(H,38,44)(H,40,45)(H2,39,41,47)/t22-,24-,27-,30-,31-,32+/m0/s1. The highest BCUT2D eigenvalue weighted by molar-refractivity contribution is 8.00. The molecule has 13 nitrogen and oxygen atoms in total. The van der Waals surface area contributed by atoms with Crippen molar-refractivity contribution in [3.8, 4) is 5.75 Å². The second-order valence-corrected chi connectivity index (χ2v) is 14.0. The van der Waals surface area contributed by atoms with Crippen LogP contribution in [0.25, 0.3) is 0 Å². The highest BCUT2D eigenvalue weighted by Gasteiger charge is 2.43. The van der Waals surface area contributed by atoms with Crippen LogP contribution in [0.5, 0.6) is 5.75 Å². The molecule has 0 bridgehead atoms. The average molecular weight is 694 g/mol. The molecule has 3 aliphatic heterocycles. The lowest BCUT2D eigenvalue weighted by Crippen LogP contribution is -2.55. The summed E-state index contributed by atoms with van der Waals surface area (Å²) in [4.78, 5) is 65.0. The van der Waals surface area contributed by atoms with Crippen molar-refractivity contribution >= 4 is 47.1 Å². The number of anilines is 1. The molecule has 0 aliphatic carbocycles. The van der Waals surface area contributed by atoms with Gasteiger partial charge in [0.05, 0.1) is 23.8 Å². The number of nitrogens with two attached hydrogens (primary N) is 1. The van der Waals surface area contributed by atoms with Gasteiger partial charge in [0.25, 0.3) is 5.91 Å². The zero-order valence-corrected chi connectivity index (χ0v) is 28.6. The average Bonchev–Trinajstić information content (AvgIpc) is 3.62. The van der Waals surface area contributed by atoms with Gasteiger partial charge in [-0.2, -0.15) is 11.8 Å². The topological polar surface area (TPSA) is 184 Å². The number of carbonyl (C=O) groups is 5. The Morgan fingerprint density at radius 3 is 2.41 bits per heavy atom. The lowest BCUT2D eigenvalue weighted by molar-refractivity contribution is -0.130. The monoisotopic (exact) mass is 693 g/mol. The molecule has 0 saturated carbocycles. The van der Waals surface area contributed by atoms with Gasteiger partial charge in [-0.25, -0.2) is 4.79 Å². The van der Waals surface area contributed by atoms with E-state index in [1.807, 2.05) is 42.1 Å². The molecule has 2 saturated heterocycles. The fourth-order valence-electron chi connectivity index (χ4n) is 6.33. The van der Waals surface area contributed by atoms with Gasteiger partial charge < -0.3 is 37.1 Å². The number of amides is 6. The molecule has 264 valence electrons. The summed E-state index contributed by atoms with van der Waals surface area (Å²) in [6.45, 7) is 2.27. The van der Waals surface area contributed by atoms with Gasteiger partial charge >= 0.3 is 6.03 Å². The summed E-state index contributed by atoms with van der Waals surface area (Å²) < 4.78 is 6.34. The number of unbranched alkanes of at least 4 members (excludes halogenated alkanes) is 3. The maximum absolute atomic E-state index is 14.0. The fourth-order valence-corrected chi connectivity index (χ4v) is 7.88. The quantitative estimate of drug-likeness (QED) is 0.114. The van der Waals surface area contributed by atoms with Gasteiger partial charge in [0.1, 0.15) is 18.3 Å². The molecule has 2 fully saturated rings. The van der Waals surface area contributed by atoms with E-state index in [0.29, 0.717) is 48.2 Å². The lowest BCUT2D eigenvalue weighted by Gasteiger charge is -2.28. The molecule has 7 N–H and O–H groups in total. The summed E-state index contributed by atoms with van der Waals surface area (Å²) in [6.07, 6.45) is 4.70. The van der Waals surface area contributed by atoms with Crippen LogP contribution in [-0.2, 0) is 19.2 Å². The zero-order valence-electron chi connectivity index (χ0n) is 27.8. The van der Waals surface area contributed by atoms with Crippen molar-refractivity contribution in [3.63, 3.8) is 0 Å². The molecule has 0 aromatic heterocycles. The minimum absolute atomic E-state index is 0.0392. The van der Waals surface area contributed by atoms with E-state index in [4.69, 9.17) is 10.5 Å². The number of nitrogens with zero attached hydrogens (tertiary/aromatic N) is 1. The van der Waals surface area contributed by atoms with Gasteiger partial charge in [0.2, 0.25) is 17.7 Å². The van der Waals surface area contributed by atoms with Crippen LogP contribution in [0.3, 0.4) is 0 Å². The number of carbonyl (C=O) groups excluding carboxylic acids is 5. The number of urea groups is 1. The van der Waals surface area contributed by atoms with Gasteiger partial charge in [-0.05, 0) is 56.7 Å². The van der Waals surface area contributed by atoms with Gasteiger partial charge in [-0.15, -0.1) is 0 Å². The maximum Gasteiger partial charge on any atom is 0.315 e. The van der Waals surface area contributed by atoms with Crippen molar-refractivity contribution in [2.45, 2.75) is 87.4 Å². The number of rotatable bonds is 16. The Balaban J connectivity index is 1.03. The molecule has 0 spiro atoms. The maximum atomic E-state index is 14.0. The summed E-state index contributed by atoms with van der Waals surface area (Å²) in [6, 6.07) is 14.5. The first-order valence-corrected chi connectivity index (χ1v) is 18.2. The van der Waals surface area contributed by atoms with Crippen molar-refractivity contribution in [3.05, 3.63) is 60.2 Å². The Bertz CT molecular complexity index is 1480. The summed E-state index contributed by atoms with van der Waals surface area (Å²) >= 11 is 1.89. The molecular formula is C35H47N7O6S. The van der Waals surface area contributed by atoms with Crippen molar-refractivity contribution < 1.29 is 28.7 Å². The summed E-state index contributed by atoms with van der Waals surface area (Å²) in [5, 5.41) is 15.0.